The van der Waals surface area contributed by atoms with E-state index in [0.717, 1.165) is 5.56 Å². The number of aliphatic hydroxyl groups is 2. The van der Waals surface area contributed by atoms with Gasteiger partial charge in [-0.15, -0.1) is 0 Å². The second-order valence-corrected chi connectivity index (χ2v) is 4.16. The largest absolute Gasteiger partial charge is 0.419 e. The molecule has 102 valence electrons. The first-order valence-corrected chi connectivity index (χ1v) is 5.66. The lowest BCUT2D eigenvalue weighted by Crippen LogP contribution is -2.93. The molecule has 1 aromatic carbocycles. The first-order valence-electron chi connectivity index (χ1n) is 5.66. The molecule has 1 rings (SSSR count). The Bertz CT molecular complexity index is 343. The minimum absolute atomic E-state index is 0.237. The molecular weight excluding hydrogens is 247 g/mol. The summed E-state index contributed by atoms with van der Waals surface area (Å²) in [6.45, 7) is -0.735. The maximum Gasteiger partial charge on any atom is 0.419 e. The third kappa shape index (κ3) is 5.03. The van der Waals surface area contributed by atoms with Gasteiger partial charge in [-0.25, -0.2) is 0 Å². The van der Waals surface area contributed by atoms with Gasteiger partial charge < -0.3 is 15.5 Å². The van der Waals surface area contributed by atoms with Crippen molar-refractivity contribution in [3.63, 3.8) is 0 Å². The van der Waals surface area contributed by atoms with Crippen LogP contribution in [0.2, 0.25) is 0 Å². The van der Waals surface area contributed by atoms with Gasteiger partial charge in [-0.05, 0) is 5.56 Å². The zero-order chi connectivity index (χ0) is 13.6. The van der Waals surface area contributed by atoms with E-state index in [4.69, 9.17) is 10.2 Å². The molecule has 2 atom stereocenters. The van der Waals surface area contributed by atoms with Crippen LogP contribution in [0.4, 0.5) is 13.2 Å². The van der Waals surface area contributed by atoms with Gasteiger partial charge in [0.1, 0.15) is 12.6 Å². The molecule has 0 aliphatic carbocycles. The topological polar surface area (TPSA) is 57.1 Å². The molecular formula is C12H17F3NO2+. The molecule has 0 spiro atoms. The Morgan fingerprint density at radius 2 is 1.78 bits per heavy atom. The van der Waals surface area contributed by atoms with Gasteiger partial charge in [0.15, 0.2) is 6.10 Å². The predicted octanol–water partition coefficient (Wildman–Crippen LogP) is 0.0766. The van der Waals surface area contributed by atoms with Gasteiger partial charge >= 0.3 is 6.18 Å². The molecule has 4 N–H and O–H groups in total. The molecule has 0 saturated carbocycles. The zero-order valence-electron chi connectivity index (χ0n) is 9.77. The van der Waals surface area contributed by atoms with E-state index >= 15 is 0 Å². The summed E-state index contributed by atoms with van der Waals surface area (Å²) in [6, 6.07) is 8.80. The van der Waals surface area contributed by atoms with Crippen LogP contribution in [0.25, 0.3) is 0 Å². The fourth-order valence-corrected chi connectivity index (χ4v) is 1.59. The predicted molar refractivity (Wildman–Crippen MR) is 59.9 cm³/mol. The lowest BCUT2D eigenvalue weighted by Gasteiger charge is -2.17. The molecule has 0 aromatic heterocycles. The average molecular weight is 264 g/mol. The third-order valence-corrected chi connectivity index (χ3v) is 2.65. The van der Waals surface area contributed by atoms with Crippen LogP contribution in [0.5, 0.6) is 0 Å². The molecule has 3 nitrogen and oxygen atoms in total. The highest BCUT2D eigenvalue weighted by Gasteiger charge is 2.39. The lowest BCUT2D eigenvalue weighted by atomic mass is 10.1. The number of nitrogens with two attached hydrogens (primary N) is 1. The van der Waals surface area contributed by atoms with Gasteiger partial charge in [0, 0.05) is 6.42 Å². The first-order chi connectivity index (χ1) is 8.43. The van der Waals surface area contributed by atoms with Gasteiger partial charge in [0.25, 0.3) is 0 Å². The molecule has 0 radical (unpaired) electrons. The fraction of sp³-hybridized carbons (Fsp3) is 0.500. The molecule has 0 bridgehead atoms. The Morgan fingerprint density at radius 1 is 1.17 bits per heavy atom. The number of hydrogen-bond donors (Lipinski definition) is 3. The first kappa shape index (κ1) is 14.9. The second-order valence-electron chi connectivity index (χ2n) is 4.16. The Balaban J connectivity index is 2.43. The van der Waals surface area contributed by atoms with Crippen molar-refractivity contribution in [3.8, 4) is 0 Å². The van der Waals surface area contributed by atoms with E-state index in [1.54, 1.807) is 0 Å². The Kier molecular flexibility index (Phi) is 5.58. The number of alkyl halides is 3. The average Bonchev–Trinajstić information content (AvgIpc) is 2.34. The summed E-state index contributed by atoms with van der Waals surface area (Å²) in [6.07, 6.45) is -6.51. The summed E-state index contributed by atoms with van der Waals surface area (Å²) in [5.41, 5.74) is 0.939. The van der Waals surface area contributed by atoms with E-state index in [0.29, 0.717) is 6.42 Å². The van der Waals surface area contributed by atoms with E-state index in [1.807, 2.05) is 30.3 Å². The minimum atomic E-state index is -4.61. The van der Waals surface area contributed by atoms with Gasteiger partial charge in [0.2, 0.25) is 0 Å². The molecule has 0 fully saturated rings. The van der Waals surface area contributed by atoms with Gasteiger partial charge in [0.05, 0.1) is 6.61 Å². The SMILES string of the molecule is OC[C@@H](Cc1ccccc1)[NH2+]C[C@H](O)C(F)(F)F. The van der Waals surface area contributed by atoms with E-state index < -0.39 is 18.8 Å². The number of aliphatic hydroxyl groups excluding tert-OH is 2. The highest BCUT2D eigenvalue weighted by Crippen LogP contribution is 2.18. The summed E-state index contributed by atoms with van der Waals surface area (Å²) in [5.74, 6) is 0. The molecule has 0 unspecified atom stereocenters. The Morgan fingerprint density at radius 3 is 2.28 bits per heavy atom. The maximum atomic E-state index is 12.1. The van der Waals surface area contributed by atoms with Crippen molar-refractivity contribution in [1.82, 2.24) is 0 Å². The third-order valence-electron chi connectivity index (χ3n) is 2.65. The molecule has 18 heavy (non-hydrogen) atoms. The van der Waals surface area contributed by atoms with E-state index in [2.05, 4.69) is 0 Å². The summed E-state index contributed by atoms with van der Waals surface area (Å²) in [5, 5.41) is 19.3. The van der Waals surface area contributed by atoms with Crippen molar-refractivity contribution in [1.29, 1.82) is 0 Å². The van der Waals surface area contributed by atoms with Crippen molar-refractivity contribution >= 4 is 0 Å². The molecule has 6 heteroatoms. The molecule has 0 amide bonds. The van der Waals surface area contributed by atoms with E-state index in [-0.39, 0.29) is 12.6 Å². The van der Waals surface area contributed by atoms with Crippen LogP contribution in [0.15, 0.2) is 30.3 Å². The van der Waals surface area contributed by atoms with Gasteiger partial charge in [-0.3, -0.25) is 0 Å². The zero-order valence-corrected chi connectivity index (χ0v) is 9.77. The van der Waals surface area contributed by atoms with Crippen LogP contribution in [0.3, 0.4) is 0 Å². The van der Waals surface area contributed by atoms with Crippen LogP contribution in [0, 0.1) is 0 Å². The Hall–Kier alpha value is -1.11. The highest BCUT2D eigenvalue weighted by atomic mass is 19.4. The lowest BCUT2D eigenvalue weighted by molar-refractivity contribution is -0.699. The number of hydrogen-bond acceptors (Lipinski definition) is 2. The quantitative estimate of drug-likeness (QED) is 0.681. The highest BCUT2D eigenvalue weighted by molar-refractivity contribution is 5.15. The summed E-state index contributed by atoms with van der Waals surface area (Å²) >= 11 is 0. The standard InChI is InChI=1S/C12H16F3NO2/c13-12(14,15)11(18)7-16-10(8-17)6-9-4-2-1-3-5-9/h1-5,10-11,16-18H,6-8H2/p+1/t10-,11+/m1/s1. The Labute approximate surface area is 103 Å². The number of benzene rings is 1. The second kappa shape index (κ2) is 6.72. The molecule has 0 saturated heterocycles. The molecule has 0 aliphatic rings. The smallest absolute Gasteiger partial charge is 0.390 e. The maximum absolute atomic E-state index is 12.1. The molecule has 1 aromatic rings. The normalized spacial score (nSPS) is 15.4. The van der Waals surface area contributed by atoms with Crippen LogP contribution in [0.1, 0.15) is 5.56 Å². The van der Waals surface area contributed by atoms with Crippen molar-refractivity contribution in [3.05, 3.63) is 35.9 Å². The number of rotatable bonds is 6. The summed E-state index contributed by atoms with van der Waals surface area (Å²) < 4.78 is 36.3. The van der Waals surface area contributed by atoms with Crippen molar-refractivity contribution < 1.29 is 28.7 Å². The van der Waals surface area contributed by atoms with E-state index in [1.165, 1.54) is 5.32 Å². The van der Waals surface area contributed by atoms with Gasteiger partial charge in [-0.1, -0.05) is 30.3 Å². The molecule has 0 aliphatic heterocycles. The van der Waals surface area contributed by atoms with Crippen LogP contribution < -0.4 is 5.32 Å². The van der Waals surface area contributed by atoms with Crippen LogP contribution in [-0.4, -0.2) is 41.7 Å². The van der Waals surface area contributed by atoms with Crippen LogP contribution in [-0.2, 0) is 6.42 Å². The molecule has 0 heterocycles. The van der Waals surface area contributed by atoms with Crippen molar-refractivity contribution in [2.45, 2.75) is 24.7 Å². The fourth-order valence-electron chi connectivity index (χ4n) is 1.59. The number of halogens is 3. The number of quaternary nitrogens is 1. The van der Waals surface area contributed by atoms with Crippen molar-refractivity contribution in [2.24, 2.45) is 0 Å². The minimum Gasteiger partial charge on any atom is -0.390 e. The van der Waals surface area contributed by atoms with Crippen LogP contribution >= 0.6 is 0 Å². The monoisotopic (exact) mass is 264 g/mol. The summed E-state index contributed by atoms with van der Waals surface area (Å²) in [4.78, 5) is 0. The van der Waals surface area contributed by atoms with E-state index in [9.17, 15) is 13.2 Å². The van der Waals surface area contributed by atoms with Crippen molar-refractivity contribution in [2.75, 3.05) is 13.2 Å². The summed E-state index contributed by atoms with van der Waals surface area (Å²) in [7, 11) is 0. The van der Waals surface area contributed by atoms with Gasteiger partial charge in [-0.2, -0.15) is 13.2 Å².